The first-order valence-electron chi connectivity index (χ1n) is 43.1. The predicted molar refractivity (Wildman–Crippen MR) is 534 cm³/mol. The Labute approximate surface area is 727 Å². The number of hydrogen-bond acceptors (Lipinski definition) is 6. The van der Waals surface area contributed by atoms with E-state index in [1.165, 1.54) is 81.3 Å². The van der Waals surface area contributed by atoms with Crippen LogP contribution in [0, 0.1) is 6.57 Å². The van der Waals surface area contributed by atoms with Gasteiger partial charge >= 0.3 is 0 Å². The zero-order valence-corrected chi connectivity index (χ0v) is 68.3. The Kier molecular flexibility index (Phi) is 16.0. The molecule has 0 aliphatic carbocycles. The van der Waals surface area contributed by atoms with Gasteiger partial charge in [0, 0.05) is 76.2 Å². The summed E-state index contributed by atoms with van der Waals surface area (Å²) in [5.41, 5.74) is 23.7. The Hall–Kier alpha value is -17.3. The van der Waals surface area contributed by atoms with Crippen LogP contribution in [0.2, 0.25) is 0 Å². The SMILES string of the molecule is [C-]#[N+]c1ccc2c(c1)c1cc(-c3c4ccccc4c(-c4nc5ccccc5c5nc6ccccc6cc45)c4ccccc34)ccc1n2-c1ccccc1.c1ccc2nc3c(cc2c1)c(-c1ccc(-c2ccc4ccc5cccc6ccc2c4c56)cc1)nc1ccccc13.c1ccc2nc3c(cc2c1)c(-c1ccc2ccc4cccc5ccc1c2c45)nc1ccccc13. The van der Waals surface area contributed by atoms with Crippen molar-refractivity contribution in [1.29, 1.82) is 0 Å². The lowest BCUT2D eigenvalue weighted by Crippen LogP contribution is -1.96. The molecular formula is C119H68N8. The monoisotopic (exact) mass is 1610 g/mol. The van der Waals surface area contributed by atoms with Crippen LogP contribution in [0.3, 0.4) is 0 Å². The predicted octanol–water partition coefficient (Wildman–Crippen LogP) is 31.9. The van der Waals surface area contributed by atoms with Crippen molar-refractivity contribution in [2.45, 2.75) is 0 Å². The van der Waals surface area contributed by atoms with Crippen LogP contribution in [-0.4, -0.2) is 34.5 Å². The molecule has 0 atom stereocenters. The molecule has 0 fully saturated rings. The Morgan fingerprint density at radius 1 is 0.197 bits per heavy atom. The van der Waals surface area contributed by atoms with Crippen molar-refractivity contribution in [3.05, 3.63) is 424 Å². The van der Waals surface area contributed by atoms with E-state index in [-0.39, 0.29) is 0 Å². The lowest BCUT2D eigenvalue weighted by molar-refractivity contribution is 1.18. The van der Waals surface area contributed by atoms with E-state index in [9.17, 15) is 0 Å². The fourth-order valence-electron chi connectivity index (χ4n) is 20.5. The molecule has 7 heterocycles. The molecule has 584 valence electrons. The Morgan fingerprint density at radius 3 is 1.06 bits per heavy atom. The van der Waals surface area contributed by atoms with Gasteiger partial charge in [-0.3, -0.25) is 0 Å². The first kappa shape index (κ1) is 71.5. The van der Waals surface area contributed by atoms with Gasteiger partial charge < -0.3 is 4.57 Å². The number of hydrogen-bond donors (Lipinski definition) is 0. The minimum atomic E-state index is 0.632. The van der Waals surface area contributed by atoms with Gasteiger partial charge in [0.15, 0.2) is 5.69 Å². The third kappa shape index (κ3) is 11.3. The van der Waals surface area contributed by atoms with Gasteiger partial charge in [-0.25, -0.2) is 34.7 Å². The molecule has 7 aromatic heterocycles. The molecule has 0 saturated heterocycles. The molecule has 0 radical (unpaired) electrons. The molecule has 21 aromatic carbocycles. The smallest absolute Gasteiger partial charge is 0.188 e. The highest BCUT2D eigenvalue weighted by Gasteiger charge is 2.25. The summed E-state index contributed by atoms with van der Waals surface area (Å²) in [6.07, 6.45) is 0. The van der Waals surface area contributed by atoms with Crippen LogP contribution in [0.4, 0.5) is 5.69 Å². The second-order valence-electron chi connectivity index (χ2n) is 33.2. The Morgan fingerprint density at radius 2 is 0.551 bits per heavy atom. The quantitative estimate of drug-likeness (QED) is 0.0937. The van der Waals surface area contributed by atoms with Crippen LogP contribution in [0.15, 0.2) is 413 Å². The van der Waals surface area contributed by atoms with Crippen molar-refractivity contribution in [3.8, 4) is 61.7 Å². The summed E-state index contributed by atoms with van der Waals surface area (Å²) in [5.74, 6) is 0. The Bertz CT molecular complexity index is 9480. The lowest BCUT2D eigenvalue weighted by Gasteiger charge is -2.19. The Balaban J connectivity index is 0.000000104. The summed E-state index contributed by atoms with van der Waals surface area (Å²) >= 11 is 0. The van der Waals surface area contributed by atoms with Crippen molar-refractivity contribution in [1.82, 2.24) is 34.5 Å². The van der Waals surface area contributed by atoms with Crippen molar-refractivity contribution >= 4 is 212 Å². The average Bonchev–Trinajstić information content (AvgIpc) is 1.54. The van der Waals surface area contributed by atoms with Gasteiger partial charge in [0.2, 0.25) is 0 Å². The van der Waals surface area contributed by atoms with E-state index in [0.717, 1.165) is 187 Å². The zero-order chi connectivity index (χ0) is 83.5. The van der Waals surface area contributed by atoms with E-state index in [0.29, 0.717) is 5.69 Å². The number of nitrogens with zero attached hydrogens (tertiary/aromatic N) is 8. The van der Waals surface area contributed by atoms with E-state index in [4.69, 9.17) is 36.5 Å². The number of aromatic nitrogens is 7. The molecule has 0 N–H and O–H groups in total. The molecule has 0 aliphatic rings. The standard InChI is InChI=1S/C49H28N4.C38H22N2.C32H18N2/c1-50-32-24-26-45-40(29-32)39-28-31(23-25-44(39)53(45)33-14-3-2-4-15-33)46-34-16-6-8-18-36(34)47(37-19-9-7-17-35(37)46)49-41-27-30-13-5-11-21-42(30)51-48(41)38-20-10-12-22-43(38)52-49;1-3-10-33-28(6-1)22-32-37(40-34-11-4-2-9-31(34)38(32)39-33)27-16-12-23(13-17-27)29-20-18-26-15-14-24-7-5-8-25-19-21-30(29)36(26)35(24)25;1-3-10-27-22(6-1)18-26-31(34-28-11-4-2-9-25(28)32(26)33-27)24-17-15-21-13-12-19-7-5-8-20-14-16-23(24)30(21)29(19)20/h2-29H;1-22H;1-18H. The molecule has 28 aromatic rings. The maximum absolute atomic E-state index is 7.79. The summed E-state index contributed by atoms with van der Waals surface area (Å²) in [6, 6.07) is 146. The van der Waals surface area contributed by atoms with Gasteiger partial charge in [-0.05, 0) is 205 Å². The highest BCUT2D eigenvalue weighted by atomic mass is 15.0. The van der Waals surface area contributed by atoms with Crippen molar-refractivity contribution < 1.29 is 0 Å². The third-order valence-electron chi connectivity index (χ3n) is 26.2. The molecule has 8 heteroatoms. The summed E-state index contributed by atoms with van der Waals surface area (Å²) in [5, 5.41) is 32.1. The summed E-state index contributed by atoms with van der Waals surface area (Å²) in [7, 11) is 0. The van der Waals surface area contributed by atoms with Crippen molar-refractivity contribution in [2.75, 3.05) is 0 Å². The third-order valence-corrected chi connectivity index (χ3v) is 26.2. The zero-order valence-electron chi connectivity index (χ0n) is 68.3. The van der Waals surface area contributed by atoms with Crippen LogP contribution in [0.25, 0.3) is 273 Å². The topological polar surface area (TPSA) is 86.6 Å². The molecule has 0 amide bonds. The van der Waals surface area contributed by atoms with Crippen molar-refractivity contribution in [2.24, 2.45) is 0 Å². The average molecular weight is 1610 g/mol. The molecule has 0 unspecified atom stereocenters. The highest BCUT2D eigenvalue weighted by Crippen LogP contribution is 2.50. The molecule has 127 heavy (non-hydrogen) atoms. The van der Waals surface area contributed by atoms with Gasteiger partial charge in [-0.15, -0.1) is 0 Å². The van der Waals surface area contributed by atoms with Crippen LogP contribution >= 0.6 is 0 Å². The minimum Gasteiger partial charge on any atom is -0.309 e. The molecule has 0 bridgehead atoms. The van der Waals surface area contributed by atoms with Crippen LogP contribution in [-0.2, 0) is 0 Å². The fourth-order valence-corrected chi connectivity index (χ4v) is 20.5. The van der Waals surface area contributed by atoms with Crippen LogP contribution in [0.1, 0.15) is 0 Å². The molecule has 0 aliphatic heterocycles. The normalized spacial score (nSPS) is 11.9. The number of fused-ring (bicyclic) bond motifs is 17. The van der Waals surface area contributed by atoms with Gasteiger partial charge in [0.1, 0.15) is 0 Å². The van der Waals surface area contributed by atoms with Gasteiger partial charge in [-0.1, -0.05) is 322 Å². The number of benzene rings is 21. The summed E-state index contributed by atoms with van der Waals surface area (Å²) < 4.78 is 2.30. The highest BCUT2D eigenvalue weighted by molar-refractivity contribution is 6.30. The summed E-state index contributed by atoms with van der Waals surface area (Å²) in [6.45, 7) is 7.79. The largest absolute Gasteiger partial charge is 0.309 e. The van der Waals surface area contributed by atoms with E-state index in [2.05, 4.69) is 379 Å². The number of para-hydroxylation sites is 7. The first-order valence-corrected chi connectivity index (χ1v) is 43.1. The van der Waals surface area contributed by atoms with Gasteiger partial charge in [0.05, 0.1) is 84.3 Å². The van der Waals surface area contributed by atoms with Gasteiger partial charge in [0.25, 0.3) is 0 Å². The van der Waals surface area contributed by atoms with E-state index in [1.807, 2.05) is 42.5 Å². The molecule has 0 spiro atoms. The lowest BCUT2D eigenvalue weighted by atomic mass is 9.86. The second-order valence-corrected chi connectivity index (χ2v) is 33.2. The van der Waals surface area contributed by atoms with Crippen molar-refractivity contribution in [3.63, 3.8) is 0 Å². The van der Waals surface area contributed by atoms with Crippen LogP contribution < -0.4 is 0 Å². The molecular weight excluding hydrogens is 1540 g/mol. The summed E-state index contributed by atoms with van der Waals surface area (Å²) in [4.78, 5) is 35.1. The van der Waals surface area contributed by atoms with E-state index in [1.54, 1.807) is 0 Å². The fraction of sp³-hybridized carbons (Fsp3) is 0. The van der Waals surface area contributed by atoms with Gasteiger partial charge in [-0.2, -0.15) is 0 Å². The second kappa shape index (κ2) is 28.4. The molecule has 28 rings (SSSR count). The maximum Gasteiger partial charge on any atom is 0.188 e. The molecule has 0 saturated carbocycles. The minimum absolute atomic E-state index is 0.632. The van der Waals surface area contributed by atoms with E-state index < -0.39 is 0 Å². The van der Waals surface area contributed by atoms with E-state index >= 15 is 0 Å². The first-order chi connectivity index (χ1) is 62.9. The maximum atomic E-state index is 7.79. The number of pyridine rings is 6. The molecule has 8 nitrogen and oxygen atoms in total. The van der Waals surface area contributed by atoms with Crippen LogP contribution in [0.5, 0.6) is 0 Å². The number of rotatable bonds is 6.